The minimum atomic E-state index is -0.737. The van der Waals surface area contributed by atoms with Gasteiger partial charge in [-0.2, -0.15) is 0 Å². The molecule has 1 N–H and O–H groups in total. The van der Waals surface area contributed by atoms with Crippen molar-refractivity contribution in [1.82, 2.24) is 5.32 Å². The van der Waals surface area contributed by atoms with E-state index in [1.54, 1.807) is 6.92 Å². The number of carbonyl (C=O) groups excluding carboxylic acids is 2. The van der Waals surface area contributed by atoms with Crippen molar-refractivity contribution in [1.29, 1.82) is 0 Å². The Kier molecular flexibility index (Phi) is 8.59. The Balaban J connectivity index is 1.86. The van der Waals surface area contributed by atoms with E-state index in [0.717, 1.165) is 17.1 Å². The topological polar surface area (TPSA) is 73.9 Å². The van der Waals surface area contributed by atoms with E-state index in [0.29, 0.717) is 12.8 Å². The van der Waals surface area contributed by atoms with Crippen molar-refractivity contribution in [2.45, 2.75) is 25.8 Å². The predicted molar refractivity (Wildman–Crippen MR) is 107 cm³/mol. The van der Waals surface area contributed by atoms with Gasteiger partial charge in [0.2, 0.25) is 0 Å². The Labute approximate surface area is 165 Å². The van der Waals surface area contributed by atoms with E-state index in [1.165, 1.54) is 7.11 Å². The van der Waals surface area contributed by atoms with Crippen LogP contribution in [0.25, 0.3) is 6.08 Å². The van der Waals surface area contributed by atoms with Gasteiger partial charge in [-0.05, 0) is 49.6 Å². The van der Waals surface area contributed by atoms with Gasteiger partial charge in [0.05, 0.1) is 13.7 Å². The summed E-state index contributed by atoms with van der Waals surface area (Å²) < 4.78 is 15.3. The van der Waals surface area contributed by atoms with Crippen LogP contribution in [0, 0.1) is 0 Å². The van der Waals surface area contributed by atoms with Crippen molar-refractivity contribution in [3.05, 3.63) is 66.2 Å². The SMILES string of the molecule is CCOC(=O)C(CC/C=C/c1ccc(Oc2ccccc2)cc1)NC(=O)OC. The quantitative estimate of drug-likeness (QED) is 0.643. The van der Waals surface area contributed by atoms with E-state index in [1.807, 2.05) is 66.7 Å². The third kappa shape index (κ3) is 7.15. The molecule has 0 fully saturated rings. The maximum Gasteiger partial charge on any atom is 0.407 e. The molecule has 0 aliphatic heterocycles. The van der Waals surface area contributed by atoms with Gasteiger partial charge in [-0.15, -0.1) is 0 Å². The standard InChI is InChI=1S/C22H25NO5/c1-3-27-21(24)20(23-22(25)26-2)12-8-7-9-17-13-15-19(16-14-17)28-18-10-5-4-6-11-18/h4-7,9-11,13-16,20H,3,8,12H2,1-2H3,(H,23,25)/b9-7+. The maximum atomic E-state index is 11.9. The molecule has 0 aromatic heterocycles. The van der Waals surface area contributed by atoms with Crippen LogP contribution in [0.15, 0.2) is 60.7 Å². The number of rotatable bonds is 9. The van der Waals surface area contributed by atoms with Crippen molar-refractivity contribution in [3.8, 4) is 11.5 Å². The van der Waals surface area contributed by atoms with Crippen molar-refractivity contribution < 1.29 is 23.8 Å². The van der Waals surface area contributed by atoms with E-state index in [-0.39, 0.29) is 6.61 Å². The molecule has 6 nitrogen and oxygen atoms in total. The molecule has 2 rings (SSSR count). The van der Waals surface area contributed by atoms with Crippen LogP contribution in [0.5, 0.6) is 11.5 Å². The number of para-hydroxylation sites is 1. The second-order valence-corrected chi connectivity index (χ2v) is 5.90. The molecule has 1 atom stereocenters. The second kappa shape index (κ2) is 11.4. The molecule has 0 saturated carbocycles. The molecule has 0 heterocycles. The lowest BCUT2D eigenvalue weighted by atomic mass is 10.1. The van der Waals surface area contributed by atoms with Gasteiger partial charge in [-0.1, -0.05) is 42.5 Å². The molecule has 0 aliphatic rings. The zero-order valence-electron chi connectivity index (χ0n) is 16.1. The summed E-state index contributed by atoms with van der Waals surface area (Å²) in [6.45, 7) is 1.98. The number of methoxy groups -OCH3 is 1. The molecule has 0 bridgehead atoms. The largest absolute Gasteiger partial charge is 0.464 e. The number of nitrogens with one attached hydrogen (secondary N) is 1. The van der Waals surface area contributed by atoms with Gasteiger partial charge in [-0.3, -0.25) is 0 Å². The minimum Gasteiger partial charge on any atom is -0.464 e. The summed E-state index contributed by atoms with van der Waals surface area (Å²) in [7, 11) is 1.25. The van der Waals surface area contributed by atoms with Crippen molar-refractivity contribution in [3.63, 3.8) is 0 Å². The van der Waals surface area contributed by atoms with Gasteiger partial charge in [-0.25, -0.2) is 9.59 Å². The lowest BCUT2D eigenvalue weighted by Crippen LogP contribution is -2.41. The first-order valence-electron chi connectivity index (χ1n) is 9.13. The number of hydrogen-bond donors (Lipinski definition) is 1. The number of esters is 1. The molecule has 6 heteroatoms. The fraction of sp³-hybridized carbons (Fsp3) is 0.273. The van der Waals surface area contributed by atoms with Crippen molar-refractivity contribution in [2.24, 2.45) is 0 Å². The monoisotopic (exact) mass is 383 g/mol. The van der Waals surface area contributed by atoms with Crippen LogP contribution >= 0.6 is 0 Å². The number of benzene rings is 2. The van der Waals surface area contributed by atoms with Gasteiger partial charge >= 0.3 is 12.1 Å². The lowest BCUT2D eigenvalue weighted by molar-refractivity contribution is -0.145. The van der Waals surface area contributed by atoms with Gasteiger partial charge in [0.1, 0.15) is 17.5 Å². The predicted octanol–water partition coefficient (Wildman–Crippen LogP) is 4.56. The smallest absolute Gasteiger partial charge is 0.407 e. The van der Waals surface area contributed by atoms with Gasteiger partial charge in [0.25, 0.3) is 0 Å². The zero-order chi connectivity index (χ0) is 20.2. The first kappa shape index (κ1) is 21.0. The molecule has 1 amide bonds. The fourth-order valence-electron chi connectivity index (χ4n) is 2.45. The molecule has 0 spiro atoms. The first-order chi connectivity index (χ1) is 13.6. The maximum absolute atomic E-state index is 11.9. The number of allylic oxidation sites excluding steroid dienone is 1. The number of ether oxygens (including phenoxy) is 3. The molecule has 0 saturated heterocycles. The fourth-order valence-corrected chi connectivity index (χ4v) is 2.45. The number of carbonyl (C=O) groups is 2. The average Bonchev–Trinajstić information content (AvgIpc) is 2.72. The molecule has 1 unspecified atom stereocenters. The summed E-state index contributed by atoms with van der Waals surface area (Å²) in [4.78, 5) is 23.3. The highest BCUT2D eigenvalue weighted by atomic mass is 16.5. The minimum absolute atomic E-state index is 0.255. The first-order valence-corrected chi connectivity index (χ1v) is 9.13. The molecular formula is C22H25NO5. The number of alkyl carbamates (subject to hydrolysis) is 1. The second-order valence-electron chi connectivity index (χ2n) is 5.90. The number of amides is 1. The van der Waals surface area contributed by atoms with Crippen LogP contribution in [-0.2, 0) is 14.3 Å². The highest BCUT2D eigenvalue weighted by Gasteiger charge is 2.21. The van der Waals surface area contributed by atoms with Crippen molar-refractivity contribution >= 4 is 18.1 Å². The Morgan fingerprint density at radius 3 is 2.36 bits per heavy atom. The van der Waals surface area contributed by atoms with E-state index in [2.05, 4.69) is 10.1 Å². The van der Waals surface area contributed by atoms with E-state index < -0.39 is 18.1 Å². The van der Waals surface area contributed by atoms with Crippen molar-refractivity contribution in [2.75, 3.05) is 13.7 Å². The van der Waals surface area contributed by atoms with Crippen LogP contribution in [0.3, 0.4) is 0 Å². The van der Waals surface area contributed by atoms with E-state index in [9.17, 15) is 9.59 Å². The Hall–Kier alpha value is -3.28. The van der Waals surface area contributed by atoms with E-state index >= 15 is 0 Å². The van der Waals surface area contributed by atoms with Crippen LogP contribution in [0.1, 0.15) is 25.3 Å². The Bertz CT molecular complexity index is 771. The van der Waals surface area contributed by atoms with Gasteiger partial charge < -0.3 is 19.5 Å². The highest BCUT2D eigenvalue weighted by molar-refractivity contribution is 5.81. The molecule has 2 aromatic carbocycles. The lowest BCUT2D eigenvalue weighted by Gasteiger charge is -2.15. The van der Waals surface area contributed by atoms with Gasteiger partial charge in [0.15, 0.2) is 0 Å². The summed E-state index contributed by atoms with van der Waals surface area (Å²) in [6, 6.07) is 16.5. The molecule has 28 heavy (non-hydrogen) atoms. The summed E-state index contributed by atoms with van der Waals surface area (Å²) in [5, 5.41) is 2.49. The van der Waals surface area contributed by atoms with Gasteiger partial charge in [0, 0.05) is 0 Å². The Morgan fingerprint density at radius 2 is 1.71 bits per heavy atom. The van der Waals surface area contributed by atoms with Crippen LogP contribution in [0.4, 0.5) is 4.79 Å². The molecule has 0 aliphatic carbocycles. The molecule has 148 valence electrons. The third-order valence-electron chi connectivity index (χ3n) is 3.84. The summed E-state index contributed by atoms with van der Waals surface area (Å²) in [5.74, 6) is 1.07. The summed E-state index contributed by atoms with van der Waals surface area (Å²) in [5.41, 5.74) is 1.01. The summed E-state index contributed by atoms with van der Waals surface area (Å²) in [6.07, 6.45) is 4.25. The molecule has 2 aromatic rings. The summed E-state index contributed by atoms with van der Waals surface area (Å²) >= 11 is 0. The van der Waals surface area contributed by atoms with Crippen LogP contribution in [-0.4, -0.2) is 31.8 Å². The average molecular weight is 383 g/mol. The zero-order valence-corrected chi connectivity index (χ0v) is 16.1. The third-order valence-corrected chi connectivity index (χ3v) is 3.84. The molecular weight excluding hydrogens is 358 g/mol. The Morgan fingerprint density at radius 1 is 1.04 bits per heavy atom. The highest BCUT2D eigenvalue weighted by Crippen LogP contribution is 2.21. The normalized spacial score (nSPS) is 11.6. The van der Waals surface area contributed by atoms with Crippen LogP contribution in [0.2, 0.25) is 0 Å². The molecule has 0 radical (unpaired) electrons. The van der Waals surface area contributed by atoms with E-state index in [4.69, 9.17) is 9.47 Å². The number of hydrogen-bond acceptors (Lipinski definition) is 5. The van der Waals surface area contributed by atoms with Crippen LogP contribution < -0.4 is 10.1 Å².